The van der Waals surface area contributed by atoms with Gasteiger partial charge in [-0.2, -0.15) is 0 Å². The van der Waals surface area contributed by atoms with E-state index in [1.165, 1.54) is 0 Å². The molecule has 0 saturated heterocycles. The highest BCUT2D eigenvalue weighted by molar-refractivity contribution is 5.87. The molecule has 0 radical (unpaired) electrons. The van der Waals surface area contributed by atoms with Crippen molar-refractivity contribution in [2.45, 2.75) is 77.4 Å². The van der Waals surface area contributed by atoms with Gasteiger partial charge >= 0.3 is 0 Å². The number of ether oxygens (including phenoxy) is 1. The summed E-state index contributed by atoms with van der Waals surface area (Å²) < 4.78 is 6.03. The van der Waals surface area contributed by atoms with Crippen molar-refractivity contribution in [3.05, 3.63) is 0 Å². The average Bonchev–Trinajstić information content (AvgIpc) is 2.86. The van der Waals surface area contributed by atoms with Crippen molar-refractivity contribution in [1.82, 2.24) is 0 Å². The third-order valence-electron chi connectivity index (χ3n) is 8.01. The van der Waals surface area contributed by atoms with E-state index in [0.717, 1.165) is 44.9 Å². The van der Waals surface area contributed by atoms with E-state index in [4.69, 9.17) is 4.74 Å². The summed E-state index contributed by atoms with van der Waals surface area (Å²) >= 11 is 0. The van der Waals surface area contributed by atoms with Crippen LogP contribution in [0.1, 0.15) is 65.2 Å². The summed E-state index contributed by atoms with van der Waals surface area (Å²) in [5.41, 5.74) is -0.121. The Morgan fingerprint density at radius 1 is 1.17 bits per heavy atom. The van der Waals surface area contributed by atoms with Gasteiger partial charge in [0.25, 0.3) is 0 Å². The lowest BCUT2D eigenvalue weighted by Crippen LogP contribution is -2.54. The highest BCUT2D eigenvalue weighted by Gasteiger charge is 2.58. The first-order valence-electron chi connectivity index (χ1n) is 9.72. The number of aliphatic hydroxyl groups excluding tert-OH is 2. The summed E-state index contributed by atoms with van der Waals surface area (Å²) in [6, 6.07) is 0. The second-order valence-electron chi connectivity index (χ2n) is 8.97. The van der Waals surface area contributed by atoms with Crippen LogP contribution in [0.15, 0.2) is 0 Å². The summed E-state index contributed by atoms with van der Waals surface area (Å²) in [5.74, 6) is 1.49. The van der Waals surface area contributed by atoms with Crippen LogP contribution in [-0.2, 0) is 9.53 Å². The molecule has 0 heterocycles. The predicted octanol–water partition coefficient (Wildman–Crippen LogP) is 2.95. The van der Waals surface area contributed by atoms with E-state index in [1.54, 1.807) is 7.11 Å². The number of hydrogen-bond acceptors (Lipinski definition) is 4. The summed E-state index contributed by atoms with van der Waals surface area (Å²) in [7, 11) is 1.80. The number of aliphatic hydroxyl groups is 2. The van der Waals surface area contributed by atoms with E-state index in [9.17, 15) is 15.0 Å². The number of hydrogen-bond donors (Lipinski definition) is 2. The van der Waals surface area contributed by atoms with Gasteiger partial charge in [-0.3, -0.25) is 4.79 Å². The fourth-order valence-electron chi connectivity index (χ4n) is 6.37. The lowest BCUT2D eigenvalue weighted by atomic mass is 9.51. The van der Waals surface area contributed by atoms with Crippen molar-refractivity contribution in [2.24, 2.45) is 28.6 Å². The van der Waals surface area contributed by atoms with Gasteiger partial charge in [-0.25, -0.2) is 0 Å². The molecule has 3 aliphatic carbocycles. The van der Waals surface area contributed by atoms with Gasteiger partial charge in [0.15, 0.2) is 0 Å². The quantitative estimate of drug-likeness (QED) is 0.827. The van der Waals surface area contributed by atoms with Crippen molar-refractivity contribution >= 4 is 5.78 Å². The molecule has 2 unspecified atom stereocenters. The van der Waals surface area contributed by atoms with Crippen LogP contribution in [0.3, 0.4) is 0 Å². The average molecular weight is 338 g/mol. The standard InChI is InChI=1S/C20H34O4/c1-19(9-6-14(22)12-13(19)8-11-21)16-7-10-20(2)15(18(16)24-3)4-5-17(20)23/h13-16,18,21-22H,4-12H2,1-3H3/t13-,14-,15?,16?,18-,19-,20-/m0/s1. The first-order chi connectivity index (χ1) is 11.4. The monoisotopic (exact) mass is 338 g/mol. The zero-order chi connectivity index (χ0) is 17.5. The molecule has 3 aliphatic rings. The molecule has 0 aromatic heterocycles. The first kappa shape index (κ1) is 18.3. The summed E-state index contributed by atoms with van der Waals surface area (Å²) in [5, 5.41) is 19.7. The minimum absolute atomic E-state index is 0.0790. The molecule has 138 valence electrons. The first-order valence-corrected chi connectivity index (χ1v) is 9.72. The number of Topliss-reactive ketones (excluding diaryl/α,β-unsaturated/α-hetero) is 1. The Morgan fingerprint density at radius 3 is 2.58 bits per heavy atom. The molecule has 0 aliphatic heterocycles. The van der Waals surface area contributed by atoms with Crippen LogP contribution >= 0.6 is 0 Å². The minimum atomic E-state index is -0.238. The second-order valence-corrected chi connectivity index (χ2v) is 8.97. The van der Waals surface area contributed by atoms with E-state index in [-0.39, 0.29) is 29.6 Å². The number of carbonyl (C=O) groups is 1. The van der Waals surface area contributed by atoms with Crippen molar-refractivity contribution in [2.75, 3.05) is 13.7 Å². The topological polar surface area (TPSA) is 66.8 Å². The van der Waals surface area contributed by atoms with Crippen LogP contribution in [-0.4, -0.2) is 41.9 Å². The fourth-order valence-corrected chi connectivity index (χ4v) is 6.37. The molecule has 2 N–H and O–H groups in total. The Bertz CT molecular complexity index is 478. The third kappa shape index (κ3) is 2.75. The molecule has 3 saturated carbocycles. The maximum atomic E-state index is 12.4. The maximum Gasteiger partial charge on any atom is 0.139 e. The van der Waals surface area contributed by atoms with Crippen LogP contribution in [0.5, 0.6) is 0 Å². The molecule has 0 aromatic carbocycles. The number of carbonyl (C=O) groups excluding carboxylic acids is 1. The Kier molecular flexibility index (Phi) is 5.12. The van der Waals surface area contributed by atoms with Gasteiger partial charge in [0.05, 0.1) is 12.2 Å². The molecular weight excluding hydrogens is 304 g/mol. The van der Waals surface area contributed by atoms with Crippen molar-refractivity contribution < 1.29 is 19.7 Å². The zero-order valence-corrected chi connectivity index (χ0v) is 15.5. The van der Waals surface area contributed by atoms with Crippen molar-refractivity contribution in [3.8, 4) is 0 Å². The highest BCUT2D eigenvalue weighted by Crippen LogP contribution is 2.59. The van der Waals surface area contributed by atoms with E-state index >= 15 is 0 Å². The van der Waals surface area contributed by atoms with Crippen LogP contribution in [0.2, 0.25) is 0 Å². The Hall–Kier alpha value is -0.450. The normalized spacial score (nSPS) is 49.2. The minimum Gasteiger partial charge on any atom is -0.396 e. The molecule has 0 bridgehead atoms. The van der Waals surface area contributed by atoms with Crippen LogP contribution in [0.4, 0.5) is 0 Å². The highest BCUT2D eigenvalue weighted by atomic mass is 16.5. The lowest BCUT2D eigenvalue weighted by Gasteiger charge is -2.55. The molecular formula is C20H34O4. The smallest absolute Gasteiger partial charge is 0.139 e. The van der Waals surface area contributed by atoms with Gasteiger partial charge in [-0.1, -0.05) is 13.8 Å². The number of fused-ring (bicyclic) bond motifs is 1. The van der Waals surface area contributed by atoms with Gasteiger partial charge in [-0.05, 0) is 68.1 Å². The maximum absolute atomic E-state index is 12.4. The zero-order valence-electron chi connectivity index (χ0n) is 15.5. The van der Waals surface area contributed by atoms with E-state index in [0.29, 0.717) is 30.0 Å². The Labute approximate surface area is 146 Å². The van der Waals surface area contributed by atoms with Crippen LogP contribution in [0, 0.1) is 28.6 Å². The van der Waals surface area contributed by atoms with Gasteiger partial charge in [0.2, 0.25) is 0 Å². The molecule has 4 heteroatoms. The molecule has 3 rings (SSSR count). The predicted molar refractivity (Wildman–Crippen MR) is 92.5 cm³/mol. The van der Waals surface area contributed by atoms with Crippen molar-refractivity contribution in [3.63, 3.8) is 0 Å². The van der Waals surface area contributed by atoms with Crippen molar-refractivity contribution in [1.29, 1.82) is 0 Å². The molecule has 4 nitrogen and oxygen atoms in total. The number of ketones is 1. The summed E-state index contributed by atoms with van der Waals surface area (Å²) in [6.07, 6.45) is 6.88. The lowest BCUT2D eigenvalue weighted by molar-refractivity contribution is -0.151. The molecule has 3 fully saturated rings. The van der Waals surface area contributed by atoms with Gasteiger partial charge in [-0.15, -0.1) is 0 Å². The Balaban J connectivity index is 1.88. The van der Waals surface area contributed by atoms with Gasteiger partial charge in [0, 0.05) is 25.6 Å². The van der Waals surface area contributed by atoms with E-state index < -0.39 is 0 Å². The largest absolute Gasteiger partial charge is 0.396 e. The van der Waals surface area contributed by atoms with Crippen LogP contribution < -0.4 is 0 Å². The van der Waals surface area contributed by atoms with Gasteiger partial charge in [0.1, 0.15) is 5.78 Å². The second kappa shape index (κ2) is 6.69. The summed E-state index contributed by atoms with van der Waals surface area (Å²) in [6.45, 7) is 4.67. The number of rotatable bonds is 4. The molecule has 0 amide bonds. The molecule has 24 heavy (non-hydrogen) atoms. The fraction of sp³-hybridized carbons (Fsp3) is 0.950. The van der Waals surface area contributed by atoms with Crippen LogP contribution in [0.25, 0.3) is 0 Å². The molecule has 0 aromatic rings. The summed E-state index contributed by atoms with van der Waals surface area (Å²) in [4.78, 5) is 12.4. The molecule has 7 atom stereocenters. The Morgan fingerprint density at radius 2 is 1.92 bits per heavy atom. The number of methoxy groups -OCH3 is 1. The molecule has 0 spiro atoms. The van der Waals surface area contributed by atoms with E-state index in [2.05, 4.69) is 13.8 Å². The van der Waals surface area contributed by atoms with Gasteiger partial charge < -0.3 is 14.9 Å². The third-order valence-corrected chi connectivity index (χ3v) is 8.01. The SMILES string of the molecule is CO[C@H]1C2CCC(=O)[C@@]2(C)CCC1[C@@]1(C)CC[C@H](O)C[C@@H]1CCO. The van der Waals surface area contributed by atoms with E-state index in [1.807, 2.05) is 0 Å².